The summed E-state index contributed by atoms with van der Waals surface area (Å²) in [6, 6.07) is 0. The molecule has 13 heteroatoms. The molecule has 54 heavy (non-hydrogen) atoms. The Morgan fingerprint density at radius 1 is 0.870 bits per heavy atom. The molecular weight excluding hydrogens is 715 g/mol. The van der Waals surface area contributed by atoms with Gasteiger partial charge in [-0.3, -0.25) is 9.35 Å². The van der Waals surface area contributed by atoms with E-state index in [9.17, 15) is 23.4 Å². The van der Waals surface area contributed by atoms with Gasteiger partial charge in [0, 0.05) is 31.2 Å². The second kappa shape index (κ2) is 14.1. The maximum atomic E-state index is 12.5. The normalized spacial score (nSPS) is 53.0. The van der Waals surface area contributed by atoms with Crippen molar-refractivity contribution >= 4 is 16.0 Å². The fraction of sp³-hybridized carbons (Fsp3) is 0.976. The van der Waals surface area contributed by atoms with Crippen molar-refractivity contribution in [3.05, 3.63) is 0 Å². The van der Waals surface area contributed by atoms with E-state index in [2.05, 4.69) is 39.9 Å². The van der Waals surface area contributed by atoms with Gasteiger partial charge in [0.25, 0.3) is 10.1 Å². The van der Waals surface area contributed by atoms with Crippen LogP contribution in [-0.2, 0) is 38.9 Å². The monoisotopic (exact) mass is 781 g/mol. The van der Waals surface area contributed by atoms with Gasteiger partial charge in [0.2, 0.25) is 11.7 Å². The average Bonchev–Trinajstić information content (AvgIpc) is 3.31. The Balaban J connectivity index is 0.922. The zero-order chi connectivity index (χ0) is 38.6. The summed E-state index contributed by atoms with van der Waals surface area (Å²) in [6.07, 6.45) is 8.85. The summed E-state index contributed by atoms with van der Waals surface area (Å²) < 4.78 is 51.3. The molecule has 308 valence electrons. The molecule has 0 aromatic carbocycles. The quantitative estimate of drug-likeness (QED) is 0.131. The number of rotatable bonds is 9. The van der Waals surface area contributed by atoms with Gasteiger partial charge in [-0.05, 0) is 136 Å². The molecule has 4 saturated heterocycles. The number of aliphatic hydroxyl groups is 2. The highest BCUT2D eigenvalue weighted by molar-refractivity contribution is 7.85. The highest BCUT2D eigenvalue weighted by atomic mass is 32.2. The van der Waals surface area contributed by atoms with Crippen LogP contribution in [0.2, 0.25) is 0 Å². The number of nitrogens with one attached hydrogen (secondary N) is 1. The minimum absolute atomic E-state index is 0.0132. The number of hydrogen-bond donors (Lipinski definition) is 4. The van der Waals surface area contributed by atoms with Crippen LogP contribution in [-0.4, -0.2) is 83.7 Å². The topological polar surface area (TPSA) is 170 Å². The van der Waals surface area contributed by atoms with Gasteiger partial charge in [-0.1, -0.05) is 34.6 Å². The standard InChI is InChI=1S/C41H67NO11S/c1-22(8-12-32(43)42-19-20-54(46,47)48)26-10-11-29-33-30(14-17-38(26,29)4)39(5)16-13-25(21-31(39)34(44)35(33)45)49-36-24(3)28-9-7-23(2)27-15-18-40(6)51-37(50-36)41(27,28)53-52-40/h22-31,33-37,44-45H,7-21H2,1-6H3,(H,42,43)(H,46,47,48)/t22-,23-,24-,25-,26-,27?,28?,29?,30?,31?,33?,34-,35?,36?,37?,38-,39-,40+,41-/m1/s1. The van der Waals surface area contributed by atoms with Crippen molar-refractivity contribution in [2.75, 3.05) is 12.3 Å². The van der Waals surface area contributed by atoms with Crippen molar-refractivity contribution in [1.82, 2.24) is 5.32 Å². The lowest BCUT2D eigenvalue weighted by molar-refractivity contribution is -0.578. The molecule has 1 spiro atoms. The molecule has 9 fully saturated rings. The van der Waals surface area contributed by atoms with E-state index in [0.29, 0.717) is 48.9 Å². The lowest BCUT2D eigenvalue weighted by Crippen LogP contribution is -2.70. The predicted molar refractivity (Wildman–Crippen MR) is 198 cm³/mol. The number of hydrogen-bond acceptors (Lipinski definition) is 10. The van der Waals surface area contributed by atoms with Crippen molar-refractivity contribution in [3.63, 3.8) is 0 Å². The van der Waals surface area contributed by atoms with E-state index in [0.717, 1.165) is 64.2 Å². The molecule has 4 aliphatic heterocycles. The molecule has 1 amide bonds. The lowest BCUT2D eigenvalue weighted by atomic mass is 9.43. The molecule has 5 aliphatic carbocycles. The predicted octanol–water partition coefficient (Wildman–Crippen LogP) is 5.60. The summed E-state index contributed by atoms with van der Waals surface area (Å²) in [5.74, 6) is 0.801. The highest BCUT2D eigenvalue weighted by Gasteiger charge is 2.70. The third-order valence-corrected chi connectivity index (χ3v) is 18.1. The summed E-state index contributed by atoms with van der Waals surface area (Å²) in [6.45, 7) is 13.4. The van der Waals surface area contributed by atoms with E-state index in [1.54, 1.807) is 0 Å². The van der Waals surface area contributed by atoms with Crippen LogP contribution in [0.15, 0.2) is 0 Å². The number of amides is 1. The Labute approximate surface area is 322 Å². The molecule has 2 bridgehead atoms. The summed E-state index contributed by atoms with van der Waals surface area (Å²) in [5, 5.41) is 26.7. The Bertz CT molecular complexity index is 1530. The van der Waals surface area contributed by atoms with Crippen molar-refractivity contribution in [2.24, 2.45) is 70.0 Å². The first kappa shape index (κ1) is 39.9. The van der Waals surface area contributed by atoms with E-state index >= 15 is 0 Å². The number of fused-ring (bicyclic) bond motifs is 7. The average molecular weight is 782 g/mol. The largest absolute Gasteiger partial charge is 0.390 e. The number of aliphatic hydroxyl groups excluding tert-OH is 2. The van der Waals surface area contributed by atoms with Gasteiger partial charge >= 0.3 is 0 Å². The Morgan fingerprint density at radius 3 is 2.33 bits per heavy atom. The van der Waals surface area contributed by atoms with Crippen LogP contribution in [0.4, 0.5) is 0 Å². The zero-order valence-corrected chi connectivity index (χ0v) is 34.1. The molecule has 4 heterocycles. The van der Waals surface area contributed by atoms with Crippen LogP contribution in [0.1, 0.15) is 125 Å². The Morgan fingerprint density at radius 2 is 1.57 bits per heavy atom. The van der Waals surface area contributed by atoms with Gasteiger partial charge < -0.3 is 29.7 Å². The summed E-state index contributed by atoms with van der Waals surface area (Å²) in [5.41, 5.74) is -0.724. The maximum Gasteiger partial charge on any atom is 0.266 e. The lowest BCUT2D eigenvalue weighted by Gasteiger charge is -2.64. The second-order valence-corrected chi connectivity index (χ2v) is 21.6. The van der Waals surface area contributed by atoms with Gasteiger partial charge in [0.15, 0.2) is 18.2 Å². The van der Waals surface area contributed by atoms with E-state index < -0.39 is 52.0 Å². The molecular formula is C41H67NO11S. The van der Waals surface area contributed by atoms with Crippen LogP contribution in [0.3, 0.4) is 0 Å². The molecule has 19 atom stereocenters. The van der Waals surface area contributed by atoms with E-state index in [1.807, 2.05) is 6.92 Å². The highest BCUT2D eigenvalue weighted by Crippen LogP contribution is 2.69. The molecule has 4 N–H and O–H groups in total. The van der Waals surface area contributed by atoms with Gasteiger partial charge in [0.05, 0.1) is 24.1 Å². The van der Waals surface area contributed by atoms with Crippen molar-refractivity contribution in [2.45, 2.75) is 167 Å². The fourth-order valence-electron chi connectivity index (χ4n) is 14.5. The van der Waals surface area contributed by atoms with Crippen molar-refractivity contribution < 1.29 is 52.0 Å². The van der Waals surface area contributed by atoms with E-state index in [4.69, 9.17) is 28.5 Å². The SMILES string of the molecule is C[C@H]1C(O[C@@H]2CC[C@]3(C)C4CC[C@@]5(C)C(CC[C@@H]5[C@H](C)CCC(=O)NCCS(=O)(=O)O)C4C(O)[C@H](O)C3C2)OC2O[C@]3(C)CCC4[C@H](C)CCC1[C@@]24OO3. The van der Waals surface area contributed by atoms with Crippen LogP contribution in [0.5, 0.6) is 0 Å². The third kappa shape index (κ3) is 6.44. The van der Waals surface area contributed by atoms with E-state index in [-0.39, 0.29) is 59.0 Å². The van der Waals surface area contributed by atoms with E-state index in [1.165, 1.54) is 0 Å². The third-order valence-electron chi connectivity index (χ3n) is 17.4. The van der Waals surface area contributed by atoms with Crippen LogP contribution in [0.25, 0.3) is 0 Å². The first-order chi connectivity index (χ1) is 25.4. The first-order valence-corrected chi connectivity index (χ1v) is 22.9. The molecule has 9 unspecified atom stereocenters. The van der Waals surface area contributed by atoms with Crippen LogP contribution in [0, 0.1) is 70.0 Å². The van der Waals surface area contributed by atoms with Crippen LogP contribution >= 0.6 is 0 Å². The molecule has 12 nitrogen and oxygen atoms in total. The Hall–Kier alpha value is -0.900. The minimum atomic E-state index is -4.11. The molecule has 9 aliphatic rings. The number of ether oxygens (including phenoxy) is 3. The van der Waals surface area contributed by atoms with Gasteiger partial charge in [0.1, 0.15) is 0 Å². The zero-order valence-electron chi connectivity index (χ0n) is 33.3. The molecule has 5 saturated carbocycles. The molecule has 0 aromatic heterocycles. The summed E-state index contributed by atoms with van der Waals surface area (Å²) >= 11 is 0. The van der Waals surface area contributed by atoms with Crippen molar-refractivity contribution in [3.8, 4) is 0 Å². The number of carbonyl (C=O) groups is 1. The van der Waals surface area contributed by atoms with Gasteiger partial charge in [-0.25, -0.2) is 9.78 Å². The number of carbonyl (C=O) groups excluding carboxylic acids is 1. The van der Waals surface area contributed by atoms with Crippen molar-refractivity contribution in [1.29, 1.82) is 0 Å². The fourth-order valence-corrected chi connectivity index (χ4v) is 14.9. The molecule has 0 aromatic rings. The Kier molecular flexibility index (Phi) is 10.4. The van der Waals surface area contributed by atoms with Gasteiger partial charge in [-0.15, -0.1) is 0 Å². The summed E-state index contributed by atoms with van der Waals surface area (Å²) in [4.78, 5) is 24.8. The maximum absolute atomic E-state index is 12.5. The minimum Gasteiger partial charge on any atom is -0.390 e. The van der Waals surface area contributed by atoms with Gasteiger partial charge in [-0.2, -0.15) is 8.42 Å². The molecule has 0 radical (unpaired) electrons. The first-order valence-electron chi connectivity index (χ1n) is 21.3. The smallest absolute Gasteiger partial charge is 0.266 e. The summed E-state index contributed by atoms with van der Waals surface area (Å²) in [7, 11) is -4.11. The second-order valence-electron chi connectivity index (χ2n) is 20.1. The molecule has 9 rings (SSSR count). The van der Waals surface area contributed by atoms with Crippen LogP contribution < -0.4 is 5.32 Å².